The summed E-state index contributed by atoms with van der Waals surface area (Å²) in [6, 6.07) is 3.44. The van der Waals surface area contributed by atoms with Crippen molar-refractivity contribution < 1.29 is 4.74 Å². The molecule has 0 spiro atoms. The smallest absolute Gasteiger partial charge is 0.250 e. The third-order valence-corrected chi connectivity index (χ3v) is 2.88. The van der Waals surface area contributed by atoms with Crippen molar-refractivity contribution in [2.45, 2.75) is 39.2 Å². The van der Waals surface area contributed by atoms with E-state index in [0.29, 0.717) is 13.2 Å². The van der Waals surface area contributed by atoms with Crippen molar-refractivity contribution in [3.05, 3.63) is 28.7 Å². The van der Waals surface area contributed by atoms with E-state index < -0.39 is 0 Å². The van der Waals surface area contributed by atoms with Gasteiger partial charge < -0.3 is 14.6 Å². The summed E-state index contributed by atoms with van der Waals surface area (Å²) in [5.74, 6) is 0. The maximum Gasteiger partial charge on any atom is 0.250 e. The zero-order valence-corrected chi connectivity index (χ0v) is 11.4. The Labute approximate surface area is 109 Å². The fourth-order valence-electron chi connectivity index (χ4n) is 1.78. The van der Waals surface area contributed by atoms with E-state index in [2.05, 4.69) is 12.2 Å². The third kappa shape index (κ3) is 5.36. The Hall–Kier alpha value is -1.29. The number of hydrogen-bond donors (Lipinski definition) is 1. The minimum atomic E-state index is 0.0172. The lowest BCUT2D eigenvalue weighted by Gasteiger charge is -2.09. The van der Waals surface area contributed by atoms with Crippen molar-refractivity contribution in [2.24, 2.45) is 0 Å². The van der Waals surface area contributed by atoms with E-state index in [1.165, 1.54) is 25.7 Å². The van der Waals surface area contributed by atoms with Gasteiger partial charge >= 0.3 is 0 Å². The second kappa shape index (κ2) is 8.75. The molecule has 0 atom stereocenters. The van der Waals surface area contributed by atoms with Crippen molar-refractivity contribution >= 4 is 5.69 Å². The van der Waals surface area contributed by atoms with Gasteiger partial charge in [-0.3, -0.25) is 4.79 Å². The second-order valence-electron chi connectivity index (χ2n) is 4.43. The van der Waals surface area contributed by atoms with Crippen LogP contribution in [0, 0.1) is 0 Å². The number of nitrogens with zero attached hydrogens (tertiary/aromatic N) is 1. The highest BCUT2D eigenvalue weighted by Gasteiger charge is 1.98. The van der Waals surface area contributed by atoms with Crippen LogP contribution >= 0.6 is 0 Å². The van der Waals surface area contributed by atoms with Gasteiger partial charge in [-0.15, -0.1) is 0 Å². The van der Waals surface area contributed by atoms with Gasteiger partial charge in [0.2, 0.25) is 0 Å². The standard InChI is InChI=1S/C14H24N2O2/c1-3-4-5-6-9-15-13-7-8-14(17)16(12-13)10-11-18-2/h7-8,12,15H,3-6,9-11H2,1-2H3. The highest BCUT2D eigenvalue weighted by Crippen LogP contribution is 2.05. The molecule has 0 radical (unpaired) electrons. The molecule has 0 saturated heterocycles. The fourth-order valence-corrected chi connectivity index (χ4v) is 1.78. The maximum atomic E-state index is 11.6. The highest BCUT2D eigenvalue weighted by atomic mass is 16.5. The van der Waals surface area contributed by atoms with Crippen LogP contribution in [0.2, 0.25) is 0 Å². The Balaban J connectivity index is 2.43. The minimum absolute atomic E-state index is 0.0172. The molecule has 102 valence electrons. The maximum absolute atomic E-state index is 11.6. The summed E-state index contributed by atoms with van der Waals surface area (Å²) in [5, 5.41) is 3.35. The Kier molecular flexibility index (Phi) is 7.18. The van der Waals surface area contributed by atoms with E-state index in [1.807, 2.05) is 12.3 Å². The number of aromatic nitrogens is 1. The lowest BCUT2D eigenvalue weighted by atomic mass is 10.2. The van der Waals surface area contributed by atoms with Crippen LogP contribution in [0.5, 0.6) is 0 Å². The summed E-state index contributed by atoms with van der Waals surface area (Å²) in [7, 11) is 1.64. The first-order valence-corrected chi connectivity index (χ1v) is 6.71. The van der Waals surface area contributed by atoms with Gasteiger partial charge in [0.05, 0.1) is 12.3 Å². The molecule has 1 heterocycles. The SMILES string of the molecule is CCCCCCNc1ccc(=O)n(CCOC)c1. The second-order valence-corrected chi connectivity index (χ2v) is 4.43. The van der Waals surface area contributed by atoms with Gasteiger partial charge in [0.25, 0.3) is 5.56 Å². The summed E-state index contributed by atoms with van der Waals surface area (Å²) in [6.45, 7) is 4.32. The molecule has 18 heavy (non-hydrogen) atoms. The molecule has 0 aromatic carbocycles. The summed E-state index contributed by atoms with van der Waals surface area (Å²) < 4.78 is 6.66. The molecule has 0 aliphatic rings. The minimum Gasteiger partial charge on any atom is -0.384 e. The number of anilines is 1. The number of hydrogen-bond acceptors (Lipinski definition) is 3. The Morgan fingerprint density at radius 2 is 2.11 bits per heavy atom. The Morgan fingerprint density at radius 1 is 1.28 bits per heavy atom. The quantitative estimate of drug-likeness (QED) is 0.687. The molecular formula is C14H24N2O2. The van der Waals surface area contributed by atoms with Crippen LogP contribution < -0.4 is 10.9 Å². The van der Waals surface area contributed by atoms with Gasteiger partial charge in [0.1, 0.15) is 0 Å². The van der Waals surface area contributed by atoms with Crippen molar-refractivity contribution in [1.29, 1.82) is 0 Å². The van der Waals surface area contributed by atoms with Crippen LogP contribution in [-0.4, -0.2) is 24.8 Å². The van der Waals surface area contributed by atoms with Gasteiger partial charge in [-0.2, -0.15) is 0 Å². The molecule has 0 saturated carbocycles. The Bertz CT molecular complexity index is 388. The van der Waals surface area contributed by atoms with Crippen molar-refractivity contribution in [3.8, 4) is 0 Å². The summed E-state index contributed by atoms with van der Waals surface area (Å²) in [4.78, 5) is 11.6. The predicted molar refractivity (Wildman–Crippen MR) is 75.2 cm³/mol. The van der Waals surface area contributed by atoms with E-state index in [0.717, 1.165) is 12.2 Å². The van der Waals surface area contributed by atoms with Crippen LogP contribution in [0.15, 0.2) is 23.1 Å². The molecule has 1 aromatic heterocycles. The first kappa shape index (κ1) is 14.8. The average Bonchev–Trinajstić information content (AvgIpc) is 2.39. The van der Waals surface area contributed by atoms with Gasteiger partial charge in [-0.05, 0) is 12.5 Å². The zero-order valence-electron chi connectivity index (χ0n) is 11.4. The molecule has 0 amide bonds. The lowest BCUT2D eigenvalue weighted by molar-refractivity contribution is 0.186. The van der Waals surface area contributed by atoms with Crippen LogP contribution in [-0.2, 0) is 11.3 Å². The van der Waals surface area contributed by atoms with Crippen molar-refractivity contribution in [3.63, 3.8) is 0 Å². The largest absolute Gasteiger partial charge is 0.384 e. The van der Waals surface area contributed by atoms with E-state index >= 15 is 0 Å². The molecule has 1 aromatic rings. The number of pyridine rings is 1. The van der Waals surface area contributed by atoms with Gasteiger partial charge in [-0.1, -0.05) is 26.2 Å². The third-order valence-electron chi connectivity index (χ3n) is 2.88. The fraction of sp³-hybridized carbons (Fsp3) is 0.643. The topological polar surface area (TPSA) is 43.3 Å². The summed E-state index contributed by atoms with van der Waals surface area (Å²) in [6.07, 6.45) is 6.83. The van der Waals surface area contributed by atoms with E-state index in [-0.39, 0.29) is 5.56 Å². The number of methoxy groups -OCH3 is 1. The van der Waals surface area contributed by atoms with Crippen LogP contribution in [0.25, 0.3) is 0 Å². The molecule has 1 rings (SSSR count). The molecule has 1 N–H and O–H groups in total. The average molecular weight is 252 g/mol. The van der Waals surface area contributed by atoms with Gasteiger partial charge in [0, 0.05) is 32.5 Å². The molecule has 0 fully saturated rings. The molecule has 0 bridgehead atoms. The molecule has 0 aliphatic heterocycles. The first-order chi connectivity index (χ1) is 8.77. The monoisotopic (exact) mass is 252 g/mol. The molecule has 0 unspecified atom stereocenters. The Morgan fingerprint density at radius 3 is 2.83 bits per heavy atom. The number of rotatable bonds is 9. The van der Waals surface area contributed by atoms with Gasteiger partial charge in [-0.25, -0.2) is 0 Å². The van der Waals surface area contributed by atoms with Crippen LogP contribution in [0.1, 0.15) is 32.6 Å². The molecule has 4 nitrogen and oxygen atoms in total. The van der Waals surface area contributed by atoms with Crippen molar-refractivity contribution in [2.75, 3.05) is 25.6 Å². The van der Waals surface area contributed by atoms with Crippen LogP contribution in [0.3, 0.4) is 0 Å². The summed E-state index contributed by atoms with van der Waals surface area (Å²) >= 11 is 0. The first-order valence-electron chi connectivity index (χ1n) is 6.71. The molecule has 0 aliphatic carbocycles. The highest BCUT2D eigenvalue weighted by molar-refractivity contribution is 5.40. The van der Waals surface area contributed by atoms with E-state index in [1.54, 1.807) is 17.7 Å². The number of nitrogens with one attached hydrogen (secondary N) is 1. The van der Waals surface area contributed by atoms with Gasteiger partial charge in [0.15, 0.2) is 0 Å². The summed E-state index contributed by atoms with van der Waals surface area (Å²) in [5.41, 5.74) is 1.02. The predicted octanol–water partition coefficient (Wildman–Crippen LogP) is 2.49. The number of unbranched alkanes of at least 4 members (excludes halogenated alkanes) is 3. The van der Waals surface area contributed by atoms with Crippen molar-refractivity contribution in [1.82, 2.24) is 4.57 Å². The normalized spacial score (nSPS) is 10.6. The molecule has 4 heteroatoms. The van der Waals surface area contributed by atoms with E-state index in [4.69, 9.17) is 4.74 Å². The number of ether oxygens (including phenoxy) is 1. The zero-order chi connectivity index (χ0) is 13.2. The van der Waals surface area contributed by atoms with E-state index in [9.17, 15) is 4.79 Å². The lowest BCUT2D eigenvalue weighted by Crippen LogP contribution is -2.21. The molecular weight excluding hydrogens is 228 g/mol. The van der Waals surface area contributed by atoms with Crippen LogP contribution in [0.4, 0.5) is 5.69 Å².